The number of aliphatic hydroxyl groups is 1. The first-order valence-electron chi connectivity index (χ1n) is 5.07. The number of carbonyl (C=O) groups excluding carboxylic acids is 1. The lowest BCUT2D eigenvalue weighted by Crippen LogP contribution is -2.26. The van der Waals surface area contributed by atoms with Gasteiger partial charge in [-0.2, -0.15) is 0 Å². The van der Waals surface area contributed by atoms with Gasteiger partial charge in [0.1, 0.15) is 0 Å². The molecule has 0 aliphatic heterocycles. The highest BCUT2D eigenvalue weighted by Gasteiger charge is 2.08. The van der Waals surface area contributed by atoms with Gasteiger partial charge in [-0.1, -0.05) is 17.7 Å². The van der Waals surface area contributed by atoms with Crippen molar-refractivity contribution in [2.75, 3.05) is 19.7 Å². The standard InChI is InChI=1S/C12H17NO2/c1-9-3-4-10(2)11(7-9)12(15)8-13-5-6-14/h3-4,7,13-14H,5-6,8H2,1-2H3. The summed E-state index contributed by atoms with van der Waals surface area (Å²) in [6, 6.07) is 5.85. The third kappa shape index (κ3) is 3.46. The summed E-state index contributed by atoms with van der Waals surface area (Å²) >= 11 is 0. The second-order valence-corrected chi connectivity index (χ2v) is 3.64. The minimum absolute atomic E-state index is 0.0556. The van der Waals surface area contributed by atoms with Crippen molar-refractivity contribution in [3.63, 3.8) is 0 Å². The van der Waals surface area contributed by atoms with E-state index in [1.165, 1.54) is 0 Å². The van der Waals surface area contributed by atoms with E-state index >= 15 is 0 Å². The number of benzene rings is 1. The third-order valence-electron chi connectivity index (χ3n) is 2.27. The van der Waals surface area contributed by atoms with Gasteiger partial charge in [-0.3, -0.25) is 4.79 Å². The third-order valence-corrected chi connectivity index (χ3v) is 2.27. The Bertz CT molecular complexity index is 347. The van der Waals surface area contributed by atoms with Crippen LogP contribution in [0.4, 0.5) is 0 Å². The molecule has 0 aliphatic carbocycles. The summed E-state index contributed by atoms with van der Waals surface area (Å²) in [6.07, 6.45) is 0. The van der Waals surface area contributed by atoms with Crippen LogP contribution in [0.2, 0.25) is 0 Å². The van der Waals surface area contributed by atoms with E-state index < -0.39 is 0 Å². The van der Waals surface area contributed by atoms with E-state index in [0.29, 0.717) is 6.54 Å². The van der Waals surface area contributed by atoms with Crippen LogP contribution in [0.25, 0.3) is 0 Å². The Kier molecular flexibility index (Phi) is 4.46. The van der Waals surface area contributed by atoms with Crippen LogP contribution in [0.15, 0.2) is 18.2 Å². The molecule has 3 nitrogen and oxygen atoms in total. The molecular formula is C12H17NO2. The zero-order chi connectivity index (χ0) is 11.3. The van der Waals surface area contributed by atoms with E-state index in [-0.39, 0.29) is 18.9 Å². The molecule has 0 atom stereocenters. The molecule has 1 aromatic rings. The van der Waals surface area contributed by atoms with Gasteiger partial charge in [-0.05, 0) is 25.5 Å². The van der Waals surface area contributed by atoms with Crippen LogP contribution in [-0.4, -0.2) is 30.6 Å². The minimum Gasteiger partial charge on any atom is -0.395 e. The van der Waals surface area contributed by atoms with Crippen LogP contribution in [-0.2, 0) is 0 Å². The van der Waals surface area contributed by atoms with Crippen molar-refractivity contribution in [1.29, 1.82) is 0 Å². The highest BCUT2D eigenvalue weighted by Crippen LogP contribution is 2.10. The number of nitrogens with one attached hydrogen (secondary N) is 1. The summed E-state index contributed by atoms with van der Waals surface area (Å²) in [5, 5.41) is 11.5. The Morgan fingerprint density at radius 3 is 2.80 bits per heavy atom. The minimum atomic E-state index is 0.0556. The van der Waals surface area contributed by atoms with E-state index in [1.54, 1.807) is 0 Å². The van der Waals surface area contributed by atoms with Gasteiger partial charge in [0.2, 0.25) is 0 Å². The topological polar surface area (TPSA) is 49.3 Å². The Labute approximate surface area is 90.1 Å². The molecule has 0 heterocycles. The molecule has 0 unspecified atom stereocenters. The maximum Gasteiger partial charge on any atom is 0.176 e. The van der Waals surface area contributed by atoms with Gasteiger partial charge >= 0.3 is 0 Å². The van der Waals surface area contributed by atoms with Crippen molar-refractivity contribution < 1.29 is 9.90 Å². The Morgan fingerprint density at radius 2 is 2.13 bits per heavy atom. The van der Waals surface area contributed by atoms with Crippen LogP contribution in [0.3, 0.4) is 0 Å². The fourth-order valence-electron chi connectivity index (χ4n) is 1.41. The fraction of sp³-hybridized carbons (Fsp3) is 0.417. The Morgan fingerprint density at radius 1 is 1.40 bits per heavy atom. The number of Topliss-reactive ketones (excluding diaryl/α,β-unsaturated/α-hetero) is 1. The quantitative estimate of drug-likeness (QED) is 0.561. The maximum absolute atomic E-state index is 11.7. The smallest absolute Gasteiger partial charge is 0.176 e. The highest BCUT2D eigenvalue weighted by atomic mass is 16.3. The SMILES string of the molecule is Cc1ccc(C)c(C(=O)CNCCO)c1. The number of ketones is 1. The molecule has 0 fully saturated rings. The average Bonchev–Trinajstić information content (AvgIpc) is 2.22. The molecule has 2 N–H and O–H groups in total. The zero-order valence-electron chi connectivity index (χ0n) is 9.21. The Balaban J connectivity index is 2.68. The van der Waals surface area contributed by atoms with Gasteiger partial charge in [-0.15, -0.1) is 0 Å². The number of hydrogen-bond donors (Lipinski definition) is 2. The van der Waals surface area contributed by atoms with Crippen LogP contribution in [0.5, 0.6) is 0 Å². The number of aryl methyl sites for hydroxylation is 2. The number of rotatable bonds is 5. The van der Waals surface area contributed by atoms with Gasteiger partial charge in [0.25, 0.3) is 0 Å². The van der Waals surface area contributed by atoms with Crippen LogP contribution in [0, 0.1) is 13.8 Å². The molecule has 3 heteroatoms. The van der Waals surface area contributed by atoms with Crippen molar-refractivity contribution >= 4 is 5.78 Å². The van der Waals surface area contributed by atoms with Crippen molar-refractivity contribution in [2.24, 2.45) is 0 Å². The fourth-order valence-corrected chi connectivity index (χ4v) is 1.41. The summed E-state index contributed by atoms with van der Waals surface area (Å²) in [5.74, 6) is 0.0738. The second kappa shape index (κ2) is 5.63. The maximum atomic E-state index is 11.7. The zero-order valence-corrected chi connectivity index (χ0v) is 9.21. The summed E-state index contributed by atoms with van der Waals surface area (Å²) in [6.45, 7) is 4.69. The Hall–Kier alpha value is -1.19. The molecule has 0 aromatic heterocycles. The van der Waals surface area contributed by atoms with Crippen molar-refractivity contribution in [3.05, 3.63) is 34.9 Å². The molecule has 0 saturated carbocycles. The van der Waals surface area contributed by atoms with E-state index in [1.807, 2.05) is 32.0 Å². The predicted molar refractivity (Wildman–Crippen MR) is 60.2 cm³/mol. The predicted octanol–water partition coefficient (Wildman–Crippen LogP) is 1.07. The van der Waals surface area contributed by atoms with Crippen LogP contribution < -0.4 is 5.32 Å². The highest BCUT2D eigenvalue weighted by molar-refractivity contribution is 5.99. The molecule has 82 valence electrons. The second-order valence-electron chi connectivity index (χ2n) is 3.64. The van der Waals surface area contributed by atoms with Crippen molar-refractivity contribution in [2.45, 2.75) is 13.8 Å². The number of aliphatic hydroxyl groups excluding tert-OH is 1. The molecule has 0 saturated heterocycles. The number of hydrogen-bond acceptors (Lipinski definition) is 3. The van der Waals surface area contributed by atoms with Crippen LogP contribution in [0.1, 0.15) is 21.5 Å². The lowest BCUT2D eigenvalue weighted by molar-refractivity contribution is 0.0989. The van der Waals surface area contributed by atoms with E-state index in [2.05, 4.69) is 5.32 Å². The lowest BCUT2D eigenvalue weighted by atomic mass is 10.0. The summed E-state index contributed by atoms with van der Waals surface area (Å²) in [7, 11) is 0. The molecule has 0 bridgehead atoms. The molecule has 1 rings (SSSR count). The molecular weight excluding hydrogens is 190 g/mol. The van der Waals surface area contributed by atoms with E-state index in [9.17, 15) is 4.79 Å². The van der Waals surface area contributed by atoms with Gasteiger partial charge < -0.3 is 10.4 Å². The lowest BCUT2D eigenvalue weighted by Gasteiger charge is -2.06. The average molecular weight is 207 g/mol. The van der Waals surface area contributed by atoms with Gasteiger partial charge in [-0.25, -0.2) is 0 Å². The molecule has 0 amide bonds. The molecule has 1 aromatic carbocycles. The van der Waals surface area contributed by atoms with E-state index in [4.69, 9.17) is 5.11 Å². The number of carbonyl (C=O) groups is 1. The van der Waals surface area contributed by atoms with Gasteiger partial charge in [0.05, 0.1) is 13.2 Å². The van der Waals surface area contributed by atoms with Crippen molar-refractivity contribution in [1.82, 2.24) is 5.32 Å². The van der Waals surface area contributed by atoms with E-state index in [0.717, 1.165) is 16.7 Å². The molecule has 0 spiro atoms. The van der Waals surface area contributed by atoms with Crippen molar-refractivity contribution in [3.8, 4) is 0 Å². The summed E-state index contributed by atoms with van der Waals surface area (Å²) < 4.78 is 0. The molecule has 0 radical (unpaired) electrons. The first-order valence-corrected chi connectivity index (χ1v) is 5.07. The van der Waals surface area contributed by atoms with Crippen LogP contribution >= 0.6 is 0 Å². The normalized spacial score (nSPS) is 10.3. The monoisotopic (exact) mass is 207 g/mol. The first-order chi connectivity index (χ1) is 7.15. The summed E-state index contributed by atoms with van der Waals surface area (Å²) in [4.78, 5) is 11.7. The summed E-state index contributed by atoms with van der Waals surface area (Å²) in [5.41, 5.74) is 2.85. The molecule has 15 heavy (non-hydrogen) atoms. The largest absolute Gasteiger partial charge is 0.395 e. The molecule has 0 aliphatic rings. The van der Waals surface area contributed by atoms with Gasteiger partial charge in [0.15, 0.2) is 5.78 Å². The van der Waals surface area contributed by atoms with Gasteiger partial charge in [0, 0.05) is 12.1 Å². The first kappa shape index (κ1) is 11.9.